The van der Waals surface area contributed by atoms with Gasteiger partial charge in [0.15, 0.2) is 0 Å². The van der Waals surface area contributed by atoms with Gasteiger partial charge >= 0.3 is 6.03 Å². The highest BCUT2D eigenvalue weighted by Crippen LogP contribution is 2.31. The molecule has 1 saturated heterocycles. The summed E-state index contributed by atoms with van der Waals surface area (Å²) in [4.78, 5) is 39.6. The average molecular weight is 457 g/mol. The van der Waals surface area contributed by atoms with Gasteiger partial charge in [-0.15, -0.1) is 0 Å². The molecule has 0 radical (unpaired) electrons. The number of pyridine rings is 1. The Morgan fingerprint density at radius 3 is 2.59 bits per heavy atom. The largest absolute Gasteiger partial charge is 0.324 e. The van der Waals surface area contributed by atoms with Crippen LogP contribution in [-0.2, 0) is 4.79 Å². The molecule has 1 atom stereocenters. The fourth-order valence-corrected chi connectivity index (χ4v) is 4.22. The first-order valence-electron chi connectivity index (χ1n) is 11.7. The van der Waals surface area contributed by atoms with Gasteiger partial charge in [0.05, 0.1) is 5.69 Å². The number of carbonyl (C=O) groups is 2. The quantitative estimate of drug-likeness (QED) is 0.578. The lowest BCUT2D eigenvalue weighted by Crippen LogP contribution is -2.32. The van der Waals surface area contributed by atoms with Crippen LogP contribution in [0.4, 0.5) is 16.3 Å². The van der Waals surface area contributed by atoms with Crippen molar-refractivity contribution in [2.45, 2.75) is 33.1 Å². The second-order valence-electron chi connectivity index (χ2n) is 9.31. The number of hydrogen-bond acceptors (Lipinski definition) is 5. The van der Waals surface area contributed by atoms with Crippen molar-refractivity contribution in [2.75, 3.05) is 23.7 Å². The van der Waals surface area contributed by atoms with E-state index in [4.69, 9.17) is 0 Å². The maximum absolute atomic E-state index is 12.6. The molecule has 2 fully saturated rings. The molecule has 3 heterocycles. The Morgan fingerprint density at radius 2 is 1.82 bits per heavy atom. The van der Waals surface area contributed by atoms with Gasteiger partial charge in [0, 0.05) is 54.3 Å². The summed E-state index contributed by atoms with van der Waals surface area (Å²) in [5.41, 5.74) is 5.23. The summed E-state index contributed by atoms with van der Waals surface area (Å²) < 4.78 is 0. The second-order valence-corrected chi connectivity index (χ2v) is 9.31. The molecule has 34 heavy (non-hydrogen) atoms. The van der Waals surface area contributed by atoms with Crippen LogP contribution in [0, 0.1) is 18.8 Å². The molecule has 1 aliphatic heterocycles. The van der Waals surface area contributed by atoms with E-state index >= 15 is 0 Å². The highest BCUT2D eigenvalue weighted by molar-refractivity contribution is 5.93. The van der Waals surface area contributed by atoms with Crippen molar-refractivity contribution < 1.29 is 9.59 Å². The van der Waals surface area contributed by atoms with Crippen LogP contribution < -0.4 is 10.6 Å². The number of aromatic nitrogens is 3. The van der Waals surface area contributed by atoms with Crippen LogP contribution in [0.15, 0.2) is 49.1 Å². The highest BCUT2D eigenvalue weighted by Gasteiger charge is 2.30. The summed E-state index contributed by atoms with van der Waals surface area (Å²) in [6.07, 6.45) is 7.91. The summed E-state index contributed by atoms with van der Waals surface area (Å²) >= 11 is 0. The number of carbonyl (C=O) groups excluding carboxylic acids is 2. The number of benzene rings is 1. The van der Waals surface area contributed by atoms with E-state index in [1.165, 1.54) is 6.33 Å². The van der Waals surface area contributed by atoms with Gasteiger partial charge in [0.25, 0.3) is 0 Å². The first-order valence-corrected chi connectivity index (χ1v) is 11.7. The SMILES string of the molecule is Cc1ccc(NC(=O)N2CC[C@@H](C)C2)cc1-c1cncc(-c2cc(NC(=O)C3CC3)ncn2)c1. The molecule has 0 unspecified atom stereocenters. The Kier molecular flexibility index (Phi) is 5.96. The predicted molar refractivity (Wildman–Crippen MR) is 131 cm³/mol. The Hall–Kier alpha value is -3.81. The molecule has 1 saturated carbocycles. The Bertz CT molecular complexity index is 1240. The lowest BCUT2D eigenvalue weighted by Gasteiger charge is -2.18. The Morgan fingerprint density at radius 1 is 1.00 bits per heavy atom. The molecule has 8 nitrogen and oxygen atoms in total. The fourth-order valence-electron chi connectivity index (χ4n) is 4.22. The summed E-state index contributed by atoms with van der Waals surface area (Å²) in [5.74, 6) is 1.14. The molecule has 1 aromatic carbocycles. The van der Waals surface area contributed by atoms with Gasteiger partial charge in [-0.1, -0.05) is 13.0 Å². The number of likely N-dealkylation sites (tertiary alicyclic amines) is 1. The van der Waals surface area contributed by atoms with Gasteiger partial charge in [-0.25, -0.2) is 14.8 Å². The molecular weight excluding hydrogens is 428 g/mol. The minimum absolute atomic E-state index is 0.00870. The topological polar surface area (TPSA) is 100 Å². The fraction of sp³-hybridized carbons (Fsp3) is 0.346. The zero-order valence-corrected chi connectivity index (χ0v) is 19.4. The Labute approximate surface area is 198 Å². The highest BCUT2D eigenvalue weighted by atomic mass is 16.2. The summed E-state index contributed by atoms with van der Waals surface area (Å²) in [5, 5.41) is 5.90. The van der Waals surface area contributed by atoms with Crippen LogP contribution in [0.1, 0.15) is 31.7 Å². The van der Waals surface area contributed by atoms with Gasteiger partial charge in [-0.3, -0.25) is 9.78 Å². The van der Waals surface area contributed by atoms with E-state index in [1.807, 2.05) is 36.1 Å². The molecule has 8 heteroatoms. The van der Waals surface area contributed by atoms with E-state index in [2.05, 4.69) is 32.5 Å². The van der Waals surface area contributed by atoms with Crippen molar-refractivity contribution in [1.82, 2.24) is 19.9 Å². The maximum Gasteiger partial charge on any atom is 0.321 e. The number of rotatable bonds is 5. The van der Waals surface area contributed by atoms with Crippen molar-refractivity contribution in [3.8, 4) is 22.4 Å². The molecule has 0 spiro atoms. The first-order chi connectivity index (χ1) is 16.5. The number of nitrogens with zero attached hydrogens (tertiary/aromatic N) is 4. The third-order valence-electron chi connectivity index (χ3n) is 6.41. The molecule has 0 bridgehead atoms. The zero-order chi connectivity index (χ0) is 23.7. The smallest absolute Gasteiger partial charge is 0.321 e. The van der Waals surface area contributed by atoms with Crippen molar-refractivity contribution >= 4 is 23.4 Å². The Balaban J connectivity index is 1.37. The first kappa shape index (κ1) is 22.0. The van der Waals surface area contributed by atoms with Crippen molar-refractivity contribution in [3.63, 3.8) is 0 Å². The maximum atomic E-state index is 12.6. The van der Waals surface area contributed by atoms with E-state index < -0.39 is 0 Å². The number of nitrogens with one attached hydrogen (secondary N) is 2. The number of anilines is 2. The number of urea groups is 1. The minimum atomic E-state index is -0.0622. The lowest BCUT2D eigenvalue weighted by atomic mass is 9.99. The standard InChI is InChI=1S/C26H28N6O2/c1-16-7-8-32(14-16)26(34)30-21-6-3-17(2)22(10-21)19-9-20(13-27-12-19)23-11-24(29-15-28-23)31-25(33)18-4-5-18/h3,6,9-13,15-16,18H,4-5,7-8,14H2,1-2H3,(H,30,34)(H,28,29,31,33)/t16-/m1/s1. The molecule has 1 aliphatic carbocycles. The summed E-state index contributed by atoms with van der Waals surface area (Å²) in [7, 11) is 0. The molecule has 174 valence electrons. The van der Waals surface area contributed by atoms with Crippen molar-refractivity contribution in [1.29, 1.82) is 0 Å². The van der Waals surface area contributed by atoms with Crippen LogP contribution >= 0.6 is 0 Å². The number of hydrogen-bond donors (Lipinski definition) is 2. The van der Waals surface area contributed by atoms with Crippen molar-refractivity contribution in [2.24, 2.45) is 11.8 Å². The van der Waals surface area contributed by atoms with Crippen LogP contribution in [0.3, 0.4) is 0 Å². The zero-order valence-electron chi connectivity index (χ0n) is 19.4. The minimum Gasteiger partial charge on any atom is -0.324 e. The molecular formula is C26H28N6O2. The second kappa shape index (κ2) is 9.21. The van der Waals surface area contributed by atoms with Gasteiger partial charge in [-0.2, -0.15) is 0 Å². The van der Waals surface area contributed by atoms with Gasteiger partial charge in [-0.05, 0) is 61.4 Å². The van der Waals surface area contributed by atoms with E-state index in [-0.39, 0.29) is 17.9 Å². The normalized spacial score (nSPS) is 17.5. The van der Waals surface area contributed by atoms with Crippen LogP contribution in [-0.4, -0.2) is 44.9 Å². The third kappa shape index (κ3) is 4.90. The molecule has 5 rings (SSSR count). The summed E-state index contributed by atoms with van der Waals surface area (Å²) in [6, 6.07) is 9.62. The monoisotopic (exact) mass is 456 g/mol. The van der Waals surface area contributed by atoms with Gasteiger partial charge < -0.3 is 15.5 Å². The number of aryl methyl sites for hydroxylation is 1. The van der Waals surface area contributed by atoms with E-state index in [0.29, 0.717) is 17.4 Å². The van der Waals surface area contributed by atoms with Crippen LogP contribution in [0.2, 0.25) is 0 Å². The van der Waals surface area contributed by atoms with Crippen LogP contribution in [0.5, 0.6) is 0 Å². The lowest BCUT2D eigenvalue weighted by molar-refractivity contribution is -0.117. The molecule has 2 N–H and O–H groups in total. The molecule has 3 aromatic rings. The van der Waals surface area contributed by atoms with E-state index in [9.17, 15) is 9.59 Å². The molecule has 2 aliphatic rings. The van der Waals surface area contributed by atoms with Crippen molar-refractivity contribution in [3.05, 3.63) is 54.6 Å². The summed E-state index contributed by atoms with van der Waals surface area (Å²) in [6.45, 7) is 5.78. The average Bonchev–Trinajstić information content (AvgIpc) is 3.61. The predicted octanol–water partition coefficient (Wildman–Crippen LogP) is 4.74. The van der Waals surface area contributed by atoms with Crippen LogP contribution in [0.25, 0.3) is 22.4 Å². The molecule has 2 aromatic heterocycles. The van der Waals surface area contributed by atoms with E-state index in [0.717, 1.165) is 60.3 Å². The third-order valence-corrected chi connectivity index (χ3v) is 6.41. The molecule has 3 amide bonds. The van der Waals surface area contributed by atoms with E-state index in [1.54, 1.807) is 18.5 Å². The van der Waals surface area contributed by atoms with Gasteiger partial charge in [0.1, 0.15) is 12.1 Å². The number of amides is 3. The van der Waals surface area contributed by atoms with Gasteiger partial charge in [0.2, 0.25) is 5.91 Å².